The third-order valence-corrected chi connectivity index (χ3v) is 6.90. The van der Waals surface area contributed by atoms with Crippen LogP contribution in [0.1, 0.15) is 36.1 Å². The van der Waals surface area contributed by atoms with Gasteiger partial charge in [-0.15, -0.1) is 0 Å². The molecule has 2 atom stereocenters. The predicted octanol–water partition coefficient (Wildman–Crippen LogP) is 6.21. The van der Waals surface area contributed by atoms with Crippen molar-refractivity contribution in [1.82, 2.24) is 0 Å². The number of benzene rings is 3. The van der Waals surface area contributed by atoms with Crippen molar-refractivity contribution in [2.45, 2.75) is 26.2 Å². The normalized spacial score (nSPS) is 13.9. The average molecular weight is 497 g/mol. The maximum Gasteiger partial charge on any atom is 0.336 e. The summed E-state index contributed by atoms with van der Waals surface area (Å²) in [4.78, 5) is 37.1. The molecule has 7 heteroatoms. The number of aryl methyl sites for hydroxylation is 1. The minimum atomic E-state index is -1.77. The molecule has 0 aliphatic heterocycles. The van der Waals surface area contributed by atoms with Crippen molar-refractivity contribution in [2.75, 3.05) is 0 Å². The number of hydrogen-bond donors (Lipinski definition) is 2. The van der Waals surface area contributed by atoms with Gasteiger partial charge in [-0.1, -0.05) is 60.7 Å². The van der Waals surface area contributed by atoms with Crippen LogP contribution in [0, 0.1) is 12.3 Å². The van der Waals surface area contributed by atoms with Crippen LogP contribution < -0.4 is 5.63 Å². The van der Waals surface area contributed by atoms with Gasteiger partial charge in [-0.3, -0.25) is 9.59 Å². The number of hydrogen-bond acceptors (Lipinski definition) is 5. The first-order chi connectivity index (χ1) is 17.7. The second-order valence-corrected chi connectivity index (χ2v) is 9.41. The summed E-state index contributed by atoms with van der Waals surface area (Å²) in [6.07, 6.45) is -0.637. The minimum absolute atomic E-state index is 0.287. The van der Waals surface area contributed by atoms with E-state index < -0.39 is 35.3 Å². The zero-order valence-corrected chi connectivity index (χ0v) is 20.2. The van der Waals surface area contributed by atoms with Crippen LogP contribution in [0.2, 0.25) is 0 Å². The topological polar surface area (TPSA) is 118 Å². The fraction of sp³-hybridized carbons (Fsp3) is 0.167. The molecule has 0 saturated carbocycles. The van der Waals surface area contributed by atoms with E-state index in [1.807, 2.05) is 37.3 Å². The van der Waals surface area contributed by atoms with Crippen molar-refractivity contribution in [3.05, 3.63) is 106 Å². The summed E-state index contributed by atoms with van der Waals surface area (Å²) in [5, 5.41) is 21.4. The first kappa shape index (κ1) is 24.1. The van der Waals surface area contributed by atoms with Gasteiger partial charge in [0.15, 0.2) is 0 Å². The van der Waals surface area contributed by atoms with Crippen molar-refractivity contribution in [3.63, 3.8) is 0 Å². The monoisotopic (exact) mass is 496 g/mol. The van der Waals surface area contributed by atoms with Crippen molar-refractivity contribution in [3.8, 4) is 11.1 Å². The molecule has 0 bridgehead atoms. The Labute approximate surface area is 211 Å². The molecule has 5 aromatic rings. The Hall–Kier alpha value is -4.65. The third-order valence-electron chi connectivity index (χ3n) is 6.90. The van der Waals surface area contributed by atoms with Crippen LogP contribution in [-0.4, -0.2) is 22.2 Å². The zero-order chi connectivity index (χ0) is 26.3. The first-order valence-corrected chi connectivity index (χ1v) is 11.8. The van der Waals surface area contributed by atoms with Gasteiger partial charge in [-0.05, 0) is 42.7 Å². The lowest BCUT2D eigenvalue weighted by Crippen LogP contribution is -2.37. The van der Waals surface area contributed by atoms with E-state index in [-0.39, 0.29) is 5.76 Å². The number of furan rings is 1. The van der Waals surface area contributed by atoms with E-state index in [0.717, 1.165) is 16.5 Å². The Kier molecular flexibility index (Phi) is 5.91. The van der Waals surface area contributed by atoms with Crippen LogP contribution in [0.4, 0.5) is 0 Å². The summed E-state index contributed by atoms with van der Waals surface area (Å²) in [6, 6.07) is 23.1. The van der Waals surface area contributed by atoms with E-state index >= 15 is 0 Å². The Morgan fingerprint density at radius 3 is 2.19 bits per heavy atom. The second kappa shape index (κ2) is 9.09. The molecule has 0 spiro atoms. The lowest BCUT2D eigenvalue weighted by molar-refractivity contribution is -0.155. The van der Waals surface area contributed by atoms with Gasteiger partial charge in [-0.2, -0.15) is 0 Å². The molecule has 0 aliphatic rings. The highest BCUT2D eigenvalue weighted by Gasteiger charge is 2.48. The zero-order valence-electron chi connectivity index (χ0n) is 20.2. The number of carbonyl (C=O) groups is 2. The first-order valence-electron chi connectivity index (χ1n) is 11.8. The largest absolute Gasteiger partial charge is 0.481 e. The lowest BCUT2D eigenvalue weighted by Gasteiger charge is -2.32. The molecule has 2 aromatic heterocycles. The molecule has 2 heterocycles. The quantitative estimate of drug-likeness (QED) is 0.257. The maximum atomic E-state index is 12.7. The predicted molar refractivity (Wildman–Crippen MR) is 139 cm³/mol. The molecule has 0 amide bonds. The van der Waals surface area contributed by atoms with Gasteiger partial charge in [0.2, 0.25) is 0 Å². The van der Waals surface area contributed by atoms with Gasteiger partial charge in [-0.25, -0.2) is 4.79 Å². The number of rotatable bonds is 7. The van der Waals surface area contributed by atoms with Crippen molar-refractivity contribution in [2.24, 2.45) is 5.41 Å². The molecular formula is C30H24O7. The van der Waals surface area contributed by atoms with Crippen LogP contribution in [0.3, 0.4) is 0 Å². The standard InChI is InChI=1S/C30H24O7/c1-17-15-23(33)37-27-20(17)13-14-21-25(27)24(18-9-5-3-6-10-18)28(36-21)26(19-11-7-4-8-12-19)30(2,29(34)35)16-22(31)32/h3-15,26H,16H2,1-2H3,(H,31,32)(H,34,35). The summed E-state index contributed by atoms with van der Waals surface area (Å²) in [6.45, 7) is 3.24. The molecule has 0 aliphatic carbocycles. The van der Waals surface area contributed by atoms with Crippen LogP contribution in [0.15, 0.2) is 92.5 Å². The molecule has 2 unspecified atom stereocenters. The maximum absolute atomic E-state index is 12.7. The molecule has 0 saturated heterocycles. The molecule has 2 N–H and O–H groups in total. The molecule has 37 heavy (non-hydrogen) atoms. The fourth-order valence-electron chi connectivity index (χ4n) is 5.14. The molecule has 0 fully saturated rings. The number of carboxylic acids is 2. The van der Waals surface area contributed by atoms with E-state index in [4.69, 9.17) is 8.83 Å². The number of aliphatic carboxylic acids is 2. The van der Waals surface area contributed by atoms with Crippen molar-refractivity contribution >= 4 is 33.9 Å². The Morgan fingerprint density at radius 1 is 0.919 bits per heavy atom. The Bertz CT molecular complexity index is 1700. The van der Waals surface area contributed by atoms with Crippen LogP contribution in [0.5, 0.6) is 0 Å². The van der Waals surface area contributed by atoms with Gasteiger partial charge in [0, 0.05) is 17.0 Å². The van der Waals surface area contributed by atoms with E-state index in [1.165, 1.54) is 13.0 Å². The number of carboxylic acid groups (broad SMARTS) is 2. The summed E-state index contributed by atoms with van der Waals surface area (Å²) < 4.78 is 12.1. The van der Waals surface area contributed by atoms with E-state index in [2.05, 4.69) is 0 Å². The summed E-state index contributed by atoms with van der Waals surface area (Å²) in [5.41, 5.74) is 1.05. The van der Waals surface area contributed by atoms with Gasteiger partial charge < -0.3 is 19.0 Å². The average Bonchev–Trinajstić information content (AvgIpc) is 3.24. The van der Waals surface area contributed by atoms with E-state index in [0.29, 0.717) is 27.7 Å². The van der Waals surface area contributed by atoms with Gasteiger partial charge in [0.05, 0.1) is 23.1 Å². The van der Waals surface area contributed by atoms with Gasteiger partial charge in [0.1, 0.15) is 16.9 Å². The van der Waals surface area contributed by atoms with Crippen LogP contribution >= 0.6 is 0 Å². The molecule has 7 nitrogen and oxygen atoms in total. The fourth-order valence-corrected chi connectivity index (χ4v) is 5.14. The SMILES string of the molecule is Cc1cc(=O)oc2c1ccc1oc(C(c3ccccc3)C(C)(CC(=O)O)C(=O)O)c(-c3ccccc3)c12. The minimum Gasteiger partial charge on any atom is -0.481 e. The molecule has 0 radical (unpaired) electrons. The summed E-state index contributed by atoms with van der Waals surface area (Å²) in [7, 11) is 0. The van der Waals surface area contributed by atoms with E-state index in [1.54, 1.807) is 42.5 Å². The molecule has 5 rings (SSSR count). The number of fused-ring (bicyclic) bond motifs is 3. The highest BCUT2D eigenvalue weighted by molar-refractivity contribution is 6.11. The van der Waals surface area contributed by atoms with E-state index in [9.17, 15) is 24.6 Å². The molecular weight excluding hydrogens is 472 g/mol. The summed E-state index contributed by atoms with van der Waals surface area (Å²) >= 11 is 0. The third kappa shape index (κ3) is 4.08. The van der Waals surface area contributed by atoms with Gasteiger partial charge in [0.25, 0.3) is 0 Å². The van der Waals surface area contributed by atoms with Crippen molar-refractivity contribution < 1.29 is 28.6 Å². The highest BCUT2D eigenvalue weighted by Crippen LogP contribution is 2.51. The molecule has 186 valence electrons. The van der Waals surface area contributed by atoms with Gasteiger partial charge >= 0.3 is 17.6 Å². The highest BCUT2D eigenvalue weighted by atomic mass is 16.4. The van der Waals surface area contributed by atoms with Crippen LogP contribution in [0.25, 0.3) is 33.1 Å². The lowest BCUT2D eigenvalue weighted by atomic mass is 9.69. The smallest absolute Gasteiger partial charge is 0.336 e. The Morgan fingerprint density at radius 2 is 1.57 bits per heavy atom. The van der Waals surface area contributed by atoms with Crippen LogP contribution in [-0.2, 0) is 9.59 Å². The molecule has 3 aromatic carbocycles. The summed E-state index contributed by atoms with van der Waals surface area (Å²) in [5.74, 6) is -3.20. The Balaban J connectivity index is 1.97. The second-order valence-electron chi connectivity index (χ2n) is 9.41. The van der Waals surface area contributed by atoms with Crippen molar-refractivity contribution in [1.29, 1.82) is 0 Å².